The Kier molecular flexibility index (Phi) is 8.99. The lowest BCUT2D eigenvalue weighted by molar-refractivity contribution is -0.0512. The Bertz CT molecular complexity index is 847. The van der Waals surface area contributed by atoms with Crippen LogP contribution in [0.1, 0.15) is 19.4 Å². The molecule has 0 aromatic heterocycles. The zero-order valence-electron chi connectivity index (χ0n) is 17.5. The van der Waals surface area contributed by atoms with Gasteiger partial charge in [-0.05, 0) is 43.7 Å². The normalized spacial score (nSPS) is 11.2. The predicted octanol–water partition coefficient (Wildman–Crippen LogP) is 4.28. The molecule has 0 saturated carbocycles. The molecule has 164 valence electrons. The topological polar surface area (TPSA) is 73.3 Å². The number of ether oxygens (including phenoxy) is 4. The van der Waals surface area contributed by atoms with Gasteiger partial charge >= 0.3 is 6.61 Å². The largest absolute Gasteiger partial charge is 0.493 e. The summed E-state index contributed by atoms with van der Waals surface area (Å²) >= 11 is 0. The third-order valence-electron chi connectivity index (χ3n) is 3.93. The van der Waals surface area contributed by atoms with Gasteiger partial charge in [0.2, 0.25) is 0 Å². The van der Waals surface area contributed by atoms with E-state index in [0.717, 1.165) is 5.69 Å². The second-order valence-electron chi connectivity index (χ2n) is 5.98. The van der Waals surface area contributed by atoms with Crippen LogP contribution in [0.3, 0.4) is 0 Å². The summed E-state index contributed by atoms with van der Waals surface area (Å²) in [6.07, 6.45) is 0. The summed E-state index contributed by atoms with van der Waals surface area (Å²) in [5, 5.41) is 6.33. The first kappa shape index (κ1) is 23.1. The van der Waals surface area contributed by atoms with Crippen LogP contribution >= 0.6 is 0 Å². The molecule has 0 unspecified atom stereocenters. The highest BCUT2D eigenvalue weighted by molar-refractivity contribution is 5.93. The van der Waals surface area contributed by atoms with Crippen LogP contribution in [-0.2, 0) is 6.54 Å². The van der Waals surface area contributed by atoms with Gasteiger partial charge in [-0.25, -0.2) is 4.99 Å². The average molecular weight is 423 g/mol. The molecule has 0 aliphatic rings. The third kappa shape index (κ3) is 6.68. The number of hydrogen-bond acceptors (Lipinski definition) is 5. The number of hydrogen-bond donors (Lipinski definition) is 2. The third-order valence-corrected chi connectivity index (χ3v) is 3.93. The molecule has 0 bridgehead atoms. The summed E-state index contributed by atoms with van der Waals surface area (Å²) in [5.41, 5.74) is 1.44. The summed E-state index contributed by atoms with van der Waals surface area (Å²) in [6.45, 7) is 2.32. The second-order valence-corrected chi connectivity index (χ2v) is 5.98. The van der Waals surface area contributed by atoms with Gasteiger partial charge < -0.3 is 29.6 Å². The predicted molar refractivity (Wildman–Crippen MR) is 112 cm³/mol. The Labute approximate surface area is 175 Å². The molecule has 0 amide bonds. The zero-order valence-corrected chi connectivity index (χ0v) is 17.5. The molecule has 2 aromatic carbocycles. The Hall–Kier alpha value is -3.23. The standard InChI is InChI=1S/C21H27F2N3O4/c1-5-24-21(26-15-8-10-17(29-6-2)18(12-15)28-4)25-13-14-7-9-16(27-3)19(11-14)30-20(22)23/h7-12,20H,5-6,13H2,1-4H3,(H2,24,25,26). The van der Waals surface area contributed by atoms with E-state index in [-0.39, 0.29) is 18.0 Å². The van der Waals surface area contributed by atoms with Crippen LogP contribution in [0.2, 0.25) is 0 Å². The van der Waals surface area contributed by atoms with Crippen LogP contribution in [0.5, 0.6) is 23.0 Å². The van der Waals surface area contributed by atoms with Crippen molar-refractivity contribution in [2.45, 2.75) is 27.0 Å². The monoisotopic (exact) mass is 423 g/mol. The Morgan fingerprint density at radius 3 is 2.33 bits per heavy atom. The minimum Gasteiger partial charge on any atom is -0.493 e. The Morgan fingerprint density at radius 1 is 0.967 bits per heavy atom. The van der Waals surface area contributed by atoms with Crippen molar-refractivity contribution in [3.63, 3.8) is 0 Å². The molecular weight excluding hydrogens is 396 g/mol. The van der Waals surface area contributed by atoms with E-state index in [1.165, 1.54) is 13.2 Å². The first-order valence-electron chi connectivity index (χ1n) is 9.48. The van der Waals surface area contributed by atoms with E-state index in [4.69, 9.17) is 14.2 Å². The highest BCUT2D eigenvalue weighted by atomic mass is 19.3. The molecular formula is C21H27F2N3O4. The van der Waals surface area contributed by atoms with Gasteiger partial charge in [0, 0.05) is 18.3 Å². The van der Waals surface area contributed by atoms with Gasteiger partial charge in [-0.1, -0.05) is 6.07 Å². The number of halogens is 2. The number of aliphatic imine (C=N–C) groups is 1. The molecule has 0 atom stereocenters. The number of alkyl halides is 2. The molecule has 0 aliphatic heterocycles. The molecule has 2 N–H and O–H groups in total. The summed E-state index contributed by atoms with van der Waals surface area (Å²) < 4.78 is 45.7. The highest BCUT2D eigenvalue weighted by Crippen LogP contribution is 2.31. The number of rotatable bonds is 10. The van der Waals surface area contributed by atoms with Crippen molar-refractivity contribution in [1.82, 2.24) is 5.32 Å². The van der Waals surface area contributed by atoms with Crippen LogP contribution in [-0.4, -0.2) is 39.9 Å². The molecule has 30 heavy (non-hydrogen) atoms. The maximum Gasteiger partial charge on any atom is 0.387 e. The first-order valence-corrected chi connectivity index (χ1v) is 9.48. The maximum atomic E-state index is 12.6. The van der Waals surface area contributed by atoms with E-state index < -0.39 is 6.61 Å². The number of methoxy groups -OCH3 is 2. The van der Waals surface area contributed by atoms with Crippen LogP contribution in [0, 0.1) is 0 Å². The van der Waals surface area contributed by atoms with Gasteiger partial charge in [0.25, 0.3) is 0 Å². The first-order chi connectivity index (χ1) is 14.5. The van der Waals surface area contributed by atoms with Crippen molar-refractivity contribution >= 4 is 11.6 Å². The van der Waals surface area contributed by atoms with Crippen molar-refractivity contribution in [2.24, 2.45) is 4.99 Å². The lowest BCUT2D eigenvalue weighted by Crippen LogP contribution is -2.30. The van der Waals surface area contributed by atoms with Gasteiger partial charge in [-0.2, -0.15) is 8.78 Å². The minimum atomic E-state index is -2.94. The van der Waals surface area contributed by atoms with Crippen LogP contribution in [0.4, 0.5) is 14.5 Å². The molecule has 0 heterocycles. The smallest absolute Gasteiger partial charge is 0.387 e. The van der Waals surface area contributed by atoms with Gasteiger partial charge in [-0.3, -0.25) is 0 Å². The highest BCUT2D eigenvalue weighted by Gasteiger charge is 2.12. The van der Waals surface area contributed by atoms with Crippen molar-refractivity contribution in [3.8, 4) is 23.0 Å². The fourth-order valence-electron chi connectivity index (χ4n) is 2.64. The van der Waals surface area contributed by atoms with Gasteiger partial charge in [0.15, 0.2) is 29.0 Å². The fourth-order valence-corrected chi connectivity index (χ4v) is 2.64. The van der Waals surface area contributed by atoms with Gasteiger partial charge in [0.1, 0.15) is 0 Å². The summed E-state index contributed by atoms with van der Waals surface area (Å²) in [4.78, 5) is 4.51. The number of nitrogens with zero attached hydrogens (tertiary/aromatic N) is 1. The number of benzene rings is 2. The van der Waals surface area contributed by atoms with Crippen molar-refractivity contribution in [2.75, 3.05) is 32.7 Å². The Balaban J connectivity index is 2.18. The summed E-state index contributed by atoms with van der Waals surface area (Å²) in [7, 11) is 2.97. The molecule has 0 fully saturated rings. The molecule has 7 nitrogen and oxygen atoms in total. The van der Waals surface area contributed by atoms with E-state index in [2.05, 4.69) is 20.4 Å². The van der Waals surface area contributed by atoms with Crippen LogP contribution < -0.4 is 29.6 Å². The van der Waals surface area contributed by atoms with Crippen molar-refractivity contribution in [3.05, 3.63) is 42.0 Å². The molecule has 0 saturated heterocycles. The van der Waals surface area contributed by atoms with Crippen molar-refractivity contribution < 1.29 is 27.7 Å². The Morgan fingerprint density at radius 2 is 1.70 bits per heavy atom. The number of anilines is 1. The molecule has 0 aliphatic carbocycles. The van der Waals surface area contributed by atoms with E-state index in [9.17, 15) is 8.78 Å². The SMILES string of the molecule is CCNC(=NCc1ccc(OC)c(OC(F)F)c1)Nc1ccc(OCC)c(OC)c1. The molecule has 0 spiro atoms. The quantitative estimate of drug-likeness (QED) is 0.439. The van der Waals surface area contributed by atoms with E-state index in [1.54, 1.807) is 25.3 Å². The minimum absolute atomic E-state index is 0.0330. The fraction of sp³-hybridized carbons (Fsp3) is 0.381. The van der Waals surface area contributed by atoms with Gasteiger partial charge in [-0.15, -0.1) is 0 Å². The molecule has 0 radical (unpaired) electrons. The summed E-state index contributed by atoms with van der Waals surface area (Å²) in [5.74, 6) is 1.97. The number of nitrogens with one attached hydrogen (secondary N) is 2. The van der Waals surface area contributed by atoms with Crippen LogP contribution in [0.25, 0.3) is 0 Å². The zero-order chi connectivity index (χ0) is 21.9. The average Bonchev–Trinajstić information content (AvgIpc) is 2.73. The van der Waals surface area contributed by atoms with Gasteiger partial charge in [0.05, 0.1) is 27.4 Å². The molecule has 2 rings (SSSR count). The van der Waals surface area contributed by atoms with Crippen molar-refractivity contribution in [1.29, 1.82) is 0 Å². The van der Waals surface area contributed by atoms with Crippen LogP contribution in [0.15, 0.2) is 41.4 Å². The lowest BCUT2D eigenvalue weighted by atomic mass is 10.2. The lowest BCUT2D eigenvalue weighted by Gasteiger charge is -2.15. The number of guanidine groups is 1. The molecule has 2 aromatic rings. The second kappa shape index (κ2) is 11.7. The van der Waals surface area contributed by atoms with E-state index >= 15 is 0 Å². The summed E-state index contributed by atoms with van der Waals surface area (Å²) in [6, 6.07) is 10.3. The maximum absolute atomic E-state index is 12.6. The van der Waals surface area contributed by atoms with E-state index in [0.29, 0.717) is 36.2 Å². The van der Waals surface area contributed by atoms with E-state index in [1.807, 2.05) is 26.0 Å². The molecule has 9 heteroatoms.